The Morgan fingerprint density at radius 3 is 2.79 bits per heavy atom. The number of ether oxygens (including phenoxy) is 1. The van der Waals surface area contributed by atoms with Gasteiger partial charge in [-0.05, 0) is 24.7 Å². The van der Waals surface area contributed by atoms with E-state index in [1.54, 1.807) is 18.2 Å². The van der Waals surface area contributed by atoms with Crippen LogP contribution in [0.1, 0.15) is 15.9 Å². The van der Waals surface area contributed by atoms with Crippen LogP contribution in [0.25, 0.3) is 0 Å². The van der Waals surface area contributed by atoms with E-state index in [9.17, 15) is 4.79 Å². The molecule has 0 atom stereocenters. The Hall–Kier alpha value is -1.55. The molecule has 0 bridgehead atoms. The summed E-state index contributed by atoms with van der Waals surface area (Å²) in [6.07, 6.45) is 0. The Kier molecular flexibility index (Phi) is 3.48. The van der Waals surface area contributed by atoms with Gasteiger partial charge in [0, 0.05) is 6.54 Å². The Morgan fingerprint density at radius 1 is 1.57 bits per heavy atom. The molecule has 14 heavy (non-hydrogen) atoms. The second kappa shape index (κ2) is 4.62. The van der Waals surface area contributed by atoms with Crippen molar-refractivity contribution in [2.75, 3.05) is 14.2 Å². The van der Waals surface area contributed by atoms with Crippen LogP contribution < -0.4 is 10.1 Å². The lowest BCUT2D eigenvalue weighted by Crippen LogP contribution is -2.07. The zero-order chi connectivity index (χ0) is 10.6. The molecule has 2 N–H and O–H groups in total. The maximum absolute atomic E-state index is 10.8. The summed E-state index contributed by atoms with van der Waals surface area (Å²) in [5.74, 6) is -0.580. The van der Waals surface area contributed by atoms with Crippen molar-refractivity contribution < 1.29 is 14.6 Å². The fourth-order valence-electron chi connectivity index (χ4n) is 1.23. The number of nitrogens with one attached hydrogen (secondary N) is 1. The predicted octanol–water partition coefficient (Wildman–Crippen LogP) is 1.11. The van der Waals surface area contributed by atoms with Crippen LogP contribution in [-0.2, 0) is 6.54 Å². The smallest absolute Gasteiger partial charge is 0.339 e. The van der Waals surface area contributed by atoms with Gasteiger partial charge in [0.1, 0.15) is 11.3 Å². The van der Waals surface area contributed by atoms with Crippen molar-refractivity contribution in [3.05, 3.63) is 29.3 Å². The van der Waals surface area contributed by atoms with Crippen LogP contribution in [-0.4, -0.2) is 25.2 Å². The molecule has 0 fully saturated rings. The first kappa shape index (κ1) is 10.5. The molecular weight excluding hydrogens is 182 g/mol. The molecule has 0 saturated heterocycles. The van der Waals surface area contributed by atoms with E-state index >= 15 is 0 Å². The molecule has 0 saturated carbocycles. The molecule has 0 aliphatic rings. The number of aromatic carboxylic acids is 1. The number of hydrogen-bond acceptors (Lipinski definition) is 3. The van der Waals surface area contributed by atoms with Crippen LogP contribution in [0, 0.1) is 0 Å². The molecule has 1 aromatic rings. The van der Waals surface area contributed by atoms with Gasteiger partial charge in [-0.3, -0.25) is 0 Å². The van der Waals surface area contributed by atoms with E-state index in [4.69, 9.17) is 9.84 Å². The van der Waals surface area contributed by atoms with E-state index in [-0.39, 0.29) is 5.56 Å². The Labute approximate surface area is 82.5 Å². The van der Waals surface area contributed by atoms with Crippen molar-refractivity contribution in [1.82, 2.24) is 5.32 Å². The van der Waals surface area contributed by atoms with Gasteiger partial charge in [-0.15, -0.1) is 0 Å². The van der Waals surface area contributed by atoms with Gasteiger partial charge in [-0.2, -0.15) is 0 Å². The molecular formula is C10H13NO3. The Bertz CT molecular complexity index is 336. The van der Waals surface area contributed by atoms with Gasteiger partial charge in [-0.25, -0.2) is 4.79 Å². The Balaban J connectivity index is 3.05. The third-order valence-electron chi connectivity index (χ3n) is 1.88. The molecule has 1 rings (SSSR count). The maximum Gasteiger partial charge on any atom is 0.339 e. The molecule has 0 radical (unpaired) electrons. The average molecular weight is 195 g/mol. The zero-order valence-electron chi connectivity index (χ0n) is 8.20. The van der Waals surface area contributed by atoms with Gasteiger partial charge < -0.3 is 15.2 Å². The highest BCUT2D eigenvalue weighted by atomic mass is 16.5. The summed E-state index contributed by atoms with van der Waals surface area (Å²) in [5.41, 5.74) is 1.18. The monoisotopic (exact) mass is 195 g/mol. The van der Waals surface area contributed by atoms with Crippen LogP contribution in [0.5, 0.6) is 5.75 Å². The van der Waals surface area contributed by atoms with Gasteiger partial charge in [0.2, 0.25) is 0 Å². The van der Waals surface area contributed by atoms with Crippen LogP contribution in [0.2, 0.25) is 0 Å². The SMILES string of the molecule is CNCc1ccc(C(=O)O)c(OC)c1. The zero-order valence-corrected chi connectivity index (χ0v) is 8.20. The maximum atomic E-state index is 10.8. The van der Waals surface area contributed by atoms with E-state index in [0.717, 1.165) is 5.56 Å². The van der Waals surface area contributed by atoms with Crippen molar-refractivity contribution >= 4 is 5.97 Å². The lowest BCUT2D eigenvalue weighted by molar-refractivity contribution is 0.0693. The molecule has 0 spiro atoms. The fourth-order valence-corrected chi connectivity index (χ4v) is 1.23. The number of hydrogen-bond donors (Lipinski definition) is 2. The van der Waals surface area contributed by atoms with Gasteiger partial charge in [-0.1, -0.05) is 6.07 Å². The summed E-state index contributed by atoms with van der Waals surface area (Å²) >= 11 is 0. The molecule has 76 valence electrons. The fraction of sp³-hybridized carbons (Fsp3) is 0.300. The minimum atomic E-state index is -0.974. The molecule has 0 amide bonds. The molecule has 0 heterocycles. The standard InChI is InChI=1S/C10H13NO3/c1-11-6-7-3-4-8(10(12)13)9(5-7)14-2/h3-5,11H,6H2,1-2H3,(H,12,13). The van der Waals surface area contributed by atoms with E-state index in [0.29, 0.717) is 12.3 Å². The first-order valence-corrected chi connectivity index (χ1v) is 4.24. The van der Waals surface area contributed by atoms with E-state index in [1.165, 1.54) is 7.11 Å². The second-order valence-electron chi connectivity index (χ2n) is 2.87. The van der Waals surface area contributed by atoms with Gasteiger partial charge in [0.15, 0.2) is 0 Å². The highest BCUT2D eigenvalue weighted by Crippen LogP contribution is 2.19. The number of carboxylic acids is 1. The molecule has 0 aliphatic heterocycles. The van der Waals surface area contributed by atoms with Gasteiger partial charge in [0.25, 0.3) is 0 Å². The molecule has 0 aromatic heterocycles. The second-order valence-corrected chi connectivity index (χ2v) is 2.87. The Morgan fingerprint density at radius 2 is 2.29 bits per heavy atom. The highest BCUT2D eigenvalue weighted by Gasteiger charge is 2.10. The number of rotatable bonds is 4. The molecule has 0 unspecified atom stereocenters. The highest BCUT2D eigenvalue weighted by molar-refractivity contribution is 5.90. The third-order valence-corrected chi connectivity index (χ3v) is 1.88. The molecule has 4 heteroatoms. The third kappa shape index (κ3) is 2.23. The predicted molar refractivity (Wildman–Crippen MR) is 52.7 cm³/mol. The number of carbonyl (C=O) groups is 1. The van der Waals surface area contributed by atoms with E-state index in [2.05, 4.69) is 5.32 Å². The minimum Gasteiger partial charge on any atom is -0.496 e. The topological polar surface area (TPSA) is 58.6 Å². The van der Waals surface area contributed by atoms with Crippen molar-refractivity contribution in [3.63, 3.8) is 0 Å². The molecule has 0 aliphatic carbocycles. The van der Waals surface area contributed by atoms with Crippen molar-refractivity contribution in [2.45, 2.75) is 6.54 Å². The summed E-state index contributed by atoms with van der Waals surface area (Å²) < 4.78 is 4.99. The van der Waals surface area contributed by atoms with Crippen LogP contribution in [0.3, 0.4) is 0 Å². The minimum absolute atomic E-state index is 0.187. The summed E-state index contributed by atoms with van der Waals surface area (Å²) in [5, 5.41) is 11.8. The van der Waals surface area contributed by atoms with Crippen molar-refractivity contribution in [2.24, 2.45) is 0 Å². The summed E-state index contributed by atoms with van der Waals surface area (Å²) in [6.45, 7) is 0.691. The normalized spacial score (nSPS) is 9.86. The summed E-state index contributed by atoms with van der Waals surface area (Å²) in [6, 6.07) is 5.04. The van der Waals surface area contributed by atoms with Crippen molar-refractivity contribution in [3.8, 4) is 5.75 Å². The molecule has 1 aromatic carbocycles. The van der Waals surface area contributed by atoms with Crippen LogP contribution >= 0.6 is 0 Å². The van der Waals surface area contributed by atoms with E-state index in [1.807, 2.05) is 7.05 Å². The largest absolute Gasteiger partial charge is 0.496 e. The first-order valence-electron chi connectivity index (χ1n) is 4.24. The number of methoxy groups -OCH3 is 1. The summed E-state index contributed by atoms with van der Waals surface area (Å²) in [4.78, 5) is 10.8. The lowest BCUT2D eigenvalue weighted by Gasteiger charge is -2.07. The van der Waals surface area contributed by atoms with E-state index < -0.39 is 5.97 Å². The first-order chi connectivity index (χ1) is 6.69. The van der Waals surface area contributed by atoms with Gasteiger partial charge >= 0.3 is 5.97 Å². The number of benzene rings is 1. The van der Waals surface area contributed by atoms with Crippen LogP contribution in [0.4, 0.5) is 0 Å². The van der Waals surface area contributed by atoms with Crippen LogP contribution in [0.15, 0.2) is 18.2 Å². The van der Waals surface area contributed by atoms with Gasteiger partial charge in [0.05, 0.1) is 7.11 Å². The van der Waals surface area contributed by atoms with Crippen molar-refractivity contribution in [1.29, 1.82) is 0 Å². The lowest BCUT2D eigenvalue weighted by atomic mass is 10.1. The summed E-state index contributed by atoms with van der Waals surface area (Å²) in [7, 11) is 3.29. The average Bonchev–Trinajstić information content (AvgIpc) is 2.17. The quantitative estimate of drug-likeness (QED) is 0.755. The number of carboxylic acid groups (broad SMARTS) is 1. The molecule has 4 nitrogen and oxygen atoms in total.